The summed E-state index contributed by atoms with van der Waals surface area (Å²) < 4.78 is 28.5. The van der Waals surface area contributed by atoms with Crippen LogP contribution in [0, 0.1) is 12.8 Å². The number of carbonyl (C=O) groups excluding carboxylic acids is 3. The van der Waals surface area contributed by atoms with Crippen molar-refractivity contribution in [3.05, 3.63) is 108 Å². The topological polar surface area (TPSA) is 113 Å². The third-order valence-corrected chi connectivity index (χ3v) is 8.27. The molecule has 0 radical (unpaired) electrons. The first-order chi connectivity index (χ1) is 19.6. The molecule has 0 aliphatic rings. The Bertz CT molecular complexity index is 1660. The van der Waals surface area contributed by atoms with E-state index >= 15 is 0 Å². The van der Waals surface area contributed by atoms with Gasteiger partial charge in [0.2, 0.25) is 11.8 Å². The summed E-state index contributed by atoms with van der Waals surface area (Å²) in [5.41, 5.74) is 2.76. The van der Waals surface area contributed by atoms with Gasteiger partial charge in [-0.1, -0.05) is 60.2 Å². The molecule has 0 spiro atoms. The molecule has 2 N–H and O–H groups in total. The minimum atomic E-state index is -4.23. The van der Waals surface area contributed by atoms with Crippen LogP contribution in [-0.2, 0) is 26.0 Å². The van der Waals surface area contributed by atoms with Crippen LogP contribution in [0.3, 0.4) is 0 Å². The number of anilines is 1. The highest BCUT2D eigenvalue weighted by molar-refractivity contribution is 7.90. The summed E-state index contributed by atoms with van der Waals surface area (Å²) in [6.45, 7) is 6.29. The highest BCUT2D eigenvalue weighted by Crippen LogP contribution is 2.21. The molecule has 4 aromatic carbocycles. The predicted molar refractivity (Wildman–Crippen MR) is 160 cm³/mol. The van der Waals surface area contributed by atoms with E-state index in [4.69, 9.17) is 0 Å². The number of hydrogen-bond donors (Lipinski definition) is 2. The molecule has 0 saturated heterocycles. The first-order valence-electron chi connectivity index (χ1n) is 13.4. The molecule has 41 heavy (non-hydrogen) atoms. The van der Waals surface area contributed by atoms with Gasteiger partial charge >= 0.3 is 0 Å². The van der Waals surface area contributed by atoms with E-state index in [0.717, 1.165) is 10.9 Å². The Kier molecular flexibility index (Phi) is 9.19. The van der Waals surface area contributed by atoms with Crippen molar-refractivity contribution in [2.24, 2.45) is 5.92 Å². The van der Waals surface area contributed by atoms with E-state index in [0.29, 0.717) is 35.3 Å². The molecule has 0 aliphatic heterocycles. The fourth-order valence-electron chi connectivity index (χ4n) is 4.51. The summed E-state index contributed by atoms with van der Waals surface area (Å²) in [5.74, 6) is -2.88. The van der Waals surface area contributed by atoms with Crippen molar-refractivity contribution < 1.29 is 22.8 Å². The molecule has 0 aliphatic carbocycles. The van der Waals surface area contributed by atoms with Gasteiger partial charge in [0.25, 0.3) is 15.9 Å². The highest BCUT2D eigenvalue weighted by atomic mass is 32.2. The summed E-state index contributed by atoms with van der Waals surface area (Å²) >= 11 is 0. The van der Waals surface area contributed by atoms with Gasteiger partial charge in [0.15, 0.2) is 0 Å². The molecule has 0 fully saturated rings. The SMILES string of the molecule is CCN(CC)C(=O)[C@H](Cc1ccc(NC(=O)c2ccc(C)cc2)cc1)C(=O)NS(=O)(=O)c1ccc2ccccc2c1. The van der Waals surface area contributed by atoms with Crippen LogP contribution >= 0.6 is 0 Å². The lowest BCUT2D eigenvalue weighted by atomic mass is 9.97. The Morgan fingerprint density at radius 2 is 1.44 bits per heavy atom. The van der Waals surface area contributed by atoms with Crippen LogP contribution in [0.5, 0.6) is 0 Å². The van der Waals surface area contributed by atoms with Crippen molar-refractivity contribution >= 4 is 44.2 Å². The number of aryl methyl sites for hydroxylation is 1. The van der Waals surface area contributed by atoms with Gasteiger partial charge in [-0.15, -0.1) is 0 Å². The largest absolute Gasteiger partial charge is 0.343 e. The number of carbonyl (C=O) groups is 3. The van der Waals surface area contributed by atoms with E-state index in [1.54, 1.807) is 68.4 Å². The number of nitrogens with one attached hydrogen (secondary N) is 2. The van der Waals surface area contributed by atoms with Crippen molar-refractivity contribution in [3.8, 4) is 0 Å². The van der Waals surface area contributed by atoms with Crippen molar-refractivity contribution in [2.75, 3.05) is 18.4 Å². The van der Waals surface area contributed by atoms with Gasteiger partial charge in [-0.25, -0.2) is 13.1 Å². The van der Waals surface area contributed by atoms with Crippen LogP contribution in [0.1, 0.15) is 35.3 Å². The molecule has 9 heteroatoms. The zero-order valence-corrected chi connectivity index (χ0v) is 24.1. The van der Waals surface area contributed by atoms with E-state index in [1.807, 2.05) is 31.2 Å². The standard InChI is InChI=1S/C32H33N3O5S/c1-4-35(5-2)32(38)29(31(37)34-41(39,40)28-19-16-24-8-6-7-9-26(24)21-28)20-23-12-17-27(18-13-23)33-30(36)25-14-10-22(3)11-15-25/h6-19,21,29H,4-5,20H2,1-3H3,(H,33,36)(H,34,37)/t29-/m1/s1. The molecule has 1 atom stereocenters. The number of sulfonamides is 1. The Morgan fingerprint density at radius 3 is 2.07 bits per heavy atom. The molecule has 4 rings (SSSR count). The number of benzene rings is 4. The van der Waals surface area contributed by atoms with Crippen LogP contribution < -0.4 is 10.0 Å². The van der Waals surface area contributed by atoms with E-state index in [-0.39, 0.29) is 17.2 Å². The molecule has 4 aromatic rings. The van der Waals surface area contributed by atoms with Crippen LogP contribution in [0.4, 0.5) is 5.69 Å². The maximum Gasteiger partial charge on any atom is 0.264 e. The van der Waals surface area contributed by atoms with Crippen molar-refractivity contribution in [3.63, 3.8) is 0 Å². The fourth-order valence-corrected chi connectivity index (χ4v) is 5.57. The van der Waals surface area contributed by atoms with Crippen molar-refractivity contribution in [1.29, 1.82) is 0 Å². The van der Waals surface area contributed by atoms with Gasteiger partial charge in [-0.2, -0.15) is 0 Å². The first-order valence-corrected chi connectivity index (χ1v) is 14.9. The Labute approximate surface area is 240 Å². The molecule has 0 aromatic heterocycles. The van der Waals surface area contributed by atoms with E-state index in [2.05, 4.69) is 10.0 Å². The van der Waals surface area contributed by atoms with E-state index in [1.165, 1.54) is 17.0 Å². The van der Waals surface area contributed by atoms with Crippen LogP contribution in [-0.4, -0.2) is 44.1 Å². The maximum absolute atomic E-state index is 13.4. The molecule has 0 bridgehead atoms. The van der Waals surface area contributed by atoms with Gasteiger partial charge in [-0.3, -0.25) is 14.4 Å². The normalized spacial score (nSPS) is 12.0. The predicted octanol–water partition coefficient (Wildman–Crippen LogP) is 4.93. The summed E-state index contributed by atoms with van der Waals surface area (Å²) in [5, 5.41) is 4.41. The van der Waals surface area contributed by atoms with Crippen LogP contribution in [0.25, 0.3) is 10.8 Å². The molecule has 0 unspecified atom stereocenters. The third-order valence-electron chi connectivity index (χ3n) is 6.92. The van der Waals surface area contributed by atoms with Gasteiger partial charge in [0.1, 0.15) is 5.92 Å². The minimum absolute atomic E-state index is 0.0133. The third kappa shape index (κ3) is 7.18. The molecular formula is C32H33N3O5S. The number of fused-ring (bicyclic) bond motifs is 1. The minimum Gasteiger partial charge on any atom is -0.343 e. The zero-order chi connectivity index (χ0) is 29.6. The molecular weight excluding hydrogens is 538 g/mol. The number of nitrogens with zero attached hydrogens (tertiary/aromatic N) is 1. The lowest BCUT2D eigenvalue weighted by Crippen LogP contribution is -2.46. The smallest absolute Gasteiger partial charge is 0.264 e. The molecule has 212 valence electrons. The average molecular weight is 572 g/mol. The molecule has 0 heterocycles. The summed E-state index contributed by atoms with van der Waals surface area (Å²) in [7, 11) is -4.23. The number of rotatable bonds is 10. The van der Waals surface area contributed by atoms with E-state index in [9.17, 15) is 22.8 Å². The second-order valence-corrected chi connectivity index (χ2v) is 11.4. The first kappa shape index (κ1) is 29.5. The van der Waals surface area contributed by atoms with Crippen molar-refractivity contribution in [2.45, 2.75) is 32.1 Å². The summed E-state index contributed by atoms with van der Waals surface area (Å²) in [6.07, 6.45) is -0.0133. The maximum atomic E-state index is 13.4. The van der Waals surface area contributed by atoms with Gasteiger partial charge in [0, 0.05) is 24.3 Å². The van der Waals surface area contributed by atoms with Gasteiger partial charge in [-0.05, 0) is 79.9 Å². The summed E-state index contributed by atoms with van der Waals surface area (Å²) in [4.78, 5) is 40.7. The summed E-state index contributed by atoms with van der Waals surface area (Å²) in [6, 6.07) is 25.9. The Balaban J connectivity index is 1.53. The number of amides is 3. The number of hydrogen-bond acceptors (Lipinski definition) is 5. The molecule has 3 amide bonds. The van der Waals surface area contributed by atoms with Crippen LogP contribution in [0.15, 0.2) is 95.9 Å². The molecule has 0 saturated carbocycles. The average Bonchev–Trinajstić information content (AvgIpc) is 2.97. The second-order valence-electron chi connectivity index (χ2n) is 9.76. The van der Waals surface area contributed by atoms with E-state index < -0.39 is 27.8 Å². The Hall–Kier alpha value is -4.50. The van der Waals surface area contributed by atoms with Crippen molar-refractivity contribution in [1.82, 2.24) is 9.62 Å². The second kappa shape index (κ2) is 12.8. The quantitative estimate of drug-likeness (QED) is 0.262. The lowest BCUT2D eigenvalue weighted by molar-refractivity contribution is -0.141. The Morgan fingerprint density at radius 1 is 0.805 bits per heavy atom. The highest BCUT2D eigenvalue weighted by Gasteiger charge is 2.33. The lowest BCUT2D eigenvalue weighted by Gasteiger charge is -2.25. The molecule has 8 nitrogen and oxygen atoms in total. The fraction of sp³-hybridized carbons (Fsp3) is 0.219. The zero-order valence-electron chi connectivity index (χ0n) is 23.3. The van der Waals surface area contributed by atoms with Crippen LogP contribution in [0.2, 0.25) is 0 Å². The van der Waals surface area contributed by atoms with Gasteiger partial charge < -0.3 is 10.2 Å². The van der Waals surface area contributed by atoms with Gasteiger partial charge in [0.05, 0.1) is 4.90 Å². The monoisotopic (exact) mass is 571 g/mol.